The van der Waals surface area contributed by atoms with E-state index in [4.69, 9.17) is 10.2 Å². The number of carboxylic acids is 1. The SMILES string of the molecule is C=C(C)C(=O)O.CC(=O)OCCCCCCC(O)(C(F)(F)F)C(F)(F)F.CC1CC2CCC1C2. The fourth-order valence-electron chi connectivity index (χ4n) is 4.06. The van der Waals surface area contributed by atoms with Gasteiger partial charge < -0.3 is 14.9 Å². The number of aliphatic carboxylic acids is 1. The van der Waals surface area contributed by atoms with Crippen molar-refractivity contribution in [3.05, 3.63) is 12.2 Å². The van der Waals surface area contributed by atoms with Crippen LogP contribution in [0.2, 0.25) is 0 Å². The lowest BCUT2D eigenvalue weighted by Gasteiger charge is -2.32. The summed E-state index contributed by atoms with van der Waals surface area (Å²) in [5, 5.41) is 16.7. The number of hydrogen-bond acceptors (Lipinski definition) is 4. The summed E-state index contributed by atoms with van der Waals surface area (Å²) in [5.74, 6) is 1.92. The fourth-order valence-corrected chi connectivity index (χ4v) is 4.06. The number of carbonyl (C=O) groups excluding carboxylic acids is 1. The summed E-state index contributed by atoms with van der Waals surface area (Å²) < 4.78 is 78.3. The van der Waals surface area contributed by atoms with Crippen molar-refractivity contribution in [2.24, 2.45) is 17.8 Å². The van der Waals surface area contributed by atoms with Gasteiger partial charge in [-0.25, -0.2) is 4.79 Å². The molecule has 3 unspecified atom stereocenters. The average Bonchev–Trinajstić information content (AvgIpc) is 3.28. The normalized spacial score (nSPS) is 21.6. The number of alkyl halides is 6. The van der Waals surface area contributed by atoms with Crippen LogP contribution in [0.3, 0.4) is 0 Å². The summed E-state index contributed by atoms with van der Waals surface area (Å²) >= 11 is 0. The molecule has 5 nitrogen and oxygen atoms in total. The predicted octanol–water partition coefficient (Wildman–Crippen LogP) is 6.45. The predicted molar refractivity (Wildman–Crippen MR) is 114 cm³/mol. The Morgan fingerprint density at radius 3 is 1.74 bits per heavy atom. The highest BCUT2D eigenvalue weighted by molar-refractivity contribution is 5.84. The van der Waals surface area contributed by atoms with E-state index in [1.165, 1.54) is 13.8 Å². The molecule has 0 aromatic heterocycles. The van der Waals surface area contributed by atoms with Gasteiger partial charge in [-0.3, -0.25) is 4.79 Å². The van der Waals surface area contributed by atoms with Crippen LogP contribution in [0.4, 0.5) is 26.3 Å². The number of carboxylic acid groups (broad SMARTS) is 1. The zero-order valence-corrected chi connectivity index (χ0v) is 19.9. The summed E-state index contributed by atoms with van der Waals surface area (Å²) in [4.78, 5) is 20.0. The minimum absolute atomic E-state index is 0.0652. The number of rotatable bonds is 8. The quantitative estimate of drug-likeness (QED) is 0.171. The van der Waals surface area contributed by atoms with Gasteiger partial charge in [0, 0.05) is 12.5 Å². The molecule has 0 spiro atoms. The first-order valence-electron chi connectivity index (χ1n) is 11.3. The van der Waals surface area contributed by atoms with Crippen molar-refractivity contribution in [2.45, 2.75) is 96.5 Å². The third-order valence-electron chi connectivity index (χ3n) is 6.13. The number of hydrogen-bond donors (Lipinski definition) is 2. The van der Waals surface area contributed by atoms with Crippen LogP contribution in [-0.2, 0) is 14.3 Å². The third-order valence-corrected chi connectivity index (χ3v) is 6.13. The Kier molecular flexibility index (Phi) is 13.2. The second-order valence-electron chi connectivity index (χ2n) is 9.10. The van der Waals surface area contributed by atoms with Crippen LogP contribution < -0.4 is 0 Å². The molecule has 3 atom stereocenters. The maximum atomic E-state index is 12.3. The molecule has 2 aliphatic carbocycles. The van der Waals surface area contributed by atoms with Gasteiger partial charge >= 0.3 is 24.3 Å². The third kappa shape index (κ3) is 11.1. The van der Waals surface area contributed by atoms with Crippen LogP contribution in [0.25, 0.3) is 0 Å². The number of ether oxygens (including phenoxy) is 1. The zero-order chi connectivity index (χ0) is 26.7. The largest absolute Gasteiger partial charge is 0.478 e. The lowest BCUT2D eigenvalue weighted by molar-refractivity contribution is -0.370. The molecule has 0 aromatic carbocycles. The molecule has 0 aliphatic heterocycles. The first-order valence-corrected chi connectivity index (χ1v) is 11.3. The molecule has 2 saturated carbocycles. The van der Waals surface area contributed by atoms with Crippen LogP contribution in [0.15, 0.2) is 12.2 Å². The van der Waals surface area contributed by atoms with E-state index in [-0.39, 0.29) is 18.6 Å². The molecule has 2 N–H and O–H groups in total. The minimum Gasteiger partial charge on any atom is -0.478 e. The summed E-state index contributed by atoms with van der Waals surface area (Å²) in [5.41, 5.74) is -4.49. The monoisotopic (exact) mass is 506 g/mol. The molecule has 0 amide bonds. The first-order chi connectivity index (χ1) is 15.4. The van der Waals surface area contributed by atoms with Crippen molar-refractivity contribution in [2.75, 3.05) is 6.61 Å². The van der Waals surface area contributed by atoms with E-state index < -0.39 is 42.7 Å². The summed E-state index contributed by atoms with van der Waals surface area (Å²) in [6.45, 7) is 8.28. The maximum Gasteiger partial charge on any atom is 0.426 e. The Hall–Kier alpha value is -1.78. The molecule has 2 bridgehead atoms. The van der Waals surface area contributed by atoms with Gasteiger partial charge in [-0.15, -0.1) is 0 Å². The standard InChI is InChI=1S/C11H16F6O3.C8H14.C4H6O2/c1-8(18)20-7-5-3-2-4-6-9(19,10(12,13)14)11(15,16)17;1-6-4-7-2-3-8(6)5-7;1-3(2)4(5)6/h19H,2-7H2,1H3;6-8H,2-5H2,1H3;1H2,2H3,(H,5,6). The first kappa shape index (κ1) is 32.2. The molecule has 2 rings (SSSR count). The molecule has 0 saturated heterocycles. The van der Waals surface area contributed by atoms with Crippen molar-refractivity contribution < 1.29 is 50.9 Å². The molecule has 2 aliphatic rings. The van der Waals surface area contributed by atoms with Crippen molar-refractivity contribution in [1.29, 1.82) is 0 Å². The van der Waals surface area contributed by atoms with Crippen LogP contribution in [0.1, 0.15) is 78.6 Å². The molecular formula is C23H36F6O5. The molecule has 200 valence electrons. The number of esters is 1. The van der Waals surface area contributed by atoms with Gasteiger partial charge in [0.1, 0.15) is 0 Å². The Labute approximate surface area is 196 Å². The lowest BCUT2D eigenvalue weighted by Crippen LogP contribution is -2.56. The second-order valence-corrected chi connectivity index (χ2v) is 9.10. The van der Waals surface area contributed by atoms with E-state index >= 15 is 0 Å². The molecule has 0 heterocycles. The summed E-state index contributed by atoms with van der Waals surface area (Å²) in [7, 11) is 0. The number of halogens is 6. The number of unbranched alkanes of at least 4 members (excludes halogenated alkanes) is 3. The van der Waals surface area contributed by atoms with E-state index in [1.54, 1.807) is 25.7 Å². The van der Waals surface area contributed by atoms with Gasteiger partial charge in [0.15, 0.2) is 0 Å². The smallest absolute Gasteiger partial charge is 0.426 e. The van der Waals surface area contributed by atoms with Gasteiger partial charge in [-0.05, 0) is 63.2 Å². The average molecular weight is 507 g/mol. The molecule has 0 radical (unpaired) electrons. The Bertz CT molecular complexity index is 631. The topological polar surface area (TPSA) is 83.8 Å². The van der Waals surface area contributed by atoms with Gasteiger partial charge in [0.05, 0.1) is 6.61 Å². The molecule has 11 heteroatoms. The number of fused-ring (bicyclic) bond motifs is 2. The maximum absolute atomic E-state index is 12.3. The Balaban J connectivity index is 0.000000621. The molecule has 34 heavy (non-hydrogen) atoms. The Morgan fingerprint density at radius 1 is 0.941 bits per heavy atom. The van der Waals surface area contributed by atoms with Gasteiger partial charge in [-0.1, -0.05) is 32.8 Å². The number of carbonyl (C=O) groups is 2. The van der Waals surface area contributed by atoms with Crippen LogP contribution >= 0.6 is 0 Å². The van der Waals surface area contributed by atoms with E-state index in [2.05, 4.69) is 18.2 Å². The highest BCUT2D eigenvalue weighted by atomic mass is 19.4. The van der Waals surface area contributed by atoms with Crippen LogP contribution in [-0.4, -0.2) is 46.7 Å². The van der Waals surface area contributed by atoms with Gasteiger partial charge in [0.25, 0.3) is 5.60 Å². The van der Waals surface area contributed by atoms with Gasteiger partial charge in [-0.2, -0.15) is 26.3 Å². The molecule has 0 aromatic rings. The van der Waals surface area contributed by atoms with Crippen molar-refractivity contribution in [1.82, 2.24) is 0 Å². The fraction of sp³-hybridized carbons (Fsp3) is 0.826. The van der Waals surface area contributed by atoms with Gasteiger partial charge in [0.2, 0.25) is 0 Å². The lowest BCUT2D eigenvalue weighted by atomic mass is 9.91. The van der Waals surface area contributed by atoms with Crippen molar-refractivity contribution >= 4 is 11.9 Å². The van der Waals surface area contributed by atoms with Crippen LogP contribution in [0, 0.1) is 17.8 Å². The van der Waals surface area contributed by atoms with E-state index in [0.717, 1.165) is 17.8 Å². The van der Waals surface area contributed by atoms with Crippen molar-refractivity contribution in [3.63, 3.8) is 0 Å². The summed E-state index contributed by atoms with van der Waals surface area (Å²) in [6, 6.07) is 0. The summed E-state index contributed by atoms with van der Waals surface area (Å²) in [6.07, 6.45) is -6.47. The number of aliphatic hydroxyl groups is 1. The van der Waals surface area contributed by atoms with Crippen molar-refractivity contribution in [3.8, 4) is 0 Å². The Morgan fingerprint density at radius 2 is 1.44 bits per heavy atom. The van der Waals surface area contributed by atoms with E-state index in [9.17, 15) is 35.9 Å². The minimum atomic E-state index is -5.76. The van der Waals surface area contributed by atoms with E-state index in [1.807, 2.05) is 0 Å². The molecular weight excluding hydrogens is 470 g/mol. The zero-order valence-electron chi connectivity index (χ0n) is 19.9. The van der Waals surface area contributed by atoms with E-state index in [0.29, 0.717) is 12.8 Å². The van der Waals surface area contributed by atoms with Crippen LogP contribution in [0.5, 0.6) is 0 Å². The molecule has 2 fully saturated rings. The highest BCUT2D eigenvalue weighted by Gasteiger charge is 2.69. The highest BCUT2D eigenvalue weighted by Crippen LogP contribution is 2.48. The second kappa shape index (κ2) is 13.9.